The van der Waals surface area contributed by atoms with Crippen LogP contribution in [0.25, 0.3) is 10.2 Å². The molecule has 0 bridgehead atoms. The van der Waals surface area contributed by atoms with Crippen molar-refractivity contribution < 1.29 is 17.9 Å². The molecule has 2 aromatic carbocycles. The first kappa shape index (κ1) is 25.6. The summed E-state index contributed by atoms with van der Waals surface area (Å²) in [4.78, 5) is 22.2. The second-order valence-electron chi connectivity index (χ2n) is 8.78. The number of sulfonamides is 1. The average molecular weight is 517 g/mol. The van der Waals surface area contributed by atoms with Gasteiger partial charge in [-0.2, -0.15) is 4.31 Å². The number of hydrogen-bond acceptors (Lipinski definition) is 7. The van der Waals surface area contributed by atoms with Crippen LogP contribution in [-0.2, 0) is 10.0 Å². The minimum absolute atomic E-state index is 0.217. The highest BCUT2D eigenvalue weighted by Crippen LogP contribution is 2.35. The molecular formula is C25H32N4O4S2. The zero-order chi connectivity index (χ0) is 25.0. The largest absolute Gasteiger partial charge is 0.492 e. The smallest absolute Gasteiger partial charge is 0.260 e. The van der Waals surface area contributed by atoms with E-state index in [0.717, 1.165) is 29.5 Å². The van der Waals surface area contributed by atoms with E-state index in [2.05, 4.69) is 0 Å². The maximum atomic E-state index is 13.6. The van der Waals surface area contributed by atoms with Crippen LogP contribution in [0.4, 0.5) is 5.13 Å². The summed E-state index contributed by atoms with van der Waals surface area (Å²) in [5.74, 6) is 0.477. The third kappa shape index (κ3) is 5.66. The van der Waals surface area contributed by atoms with Crippen LogP contribution in [0.15, 0.2) is 47.4 Å². The molecule has 0 radical (unpaired) electrons. The summed E-state index contributed by atoms with van der Waals surface area (Å²) in [5.41, 5.74) is 1.16. The summed E-state index contributed by atoms with van der Waals surface area (Å²) in [6, 6.07) is 12.0. The molecule has 1 aromatic heterocycles. The van der Waals surface area contributed by atoms with Crippen LogP contribution in [-0.4, -0.2) is 75.4 Å². The number of benzene rings is 2. The van der Waals surface area contributed by atoms with Crippen molar-refractivity contribution in [1.29, 1.82) is 0 Å². The maximum Gasteiger partial charge on any atom is 0.260 e. The number of hydrogen-bond donors (Lipinski definition) is 0. The molecule has 0 aliphatic carbocycles. The van der Waals surface area contributed by atoms with Gasteiger partial charge in [0, 0.05) is 31.7 Å². The van der Waals surface area contributed by atoms with Crippen molar-refractivity contribution in [2.45, 2.75) is 31.1 Å². The number of ether oxygens (including phenoxy) is 1. The SMILES string of the molecule is CCOc1cccc2sc(N(CCN(C)C)C(=O)c3ccc(S(=O)(=O)N4CCCCC4)cc3)nc12. The molecule has 3 aromatic rings. The van der Waals surface area contributed by atoms with Crippen molar-refractivity contribution in [3.63, 3.8) is 0 Å². The minimum atomic E-state index is -3.55. The predicted molar refractivity (Wildman–Crippen MR) is 140 cm³/mol. The van der Waals surface area contributed by atoms with Crippen LogP contribution in [0.5, 0.6) is 5.75 Å². The van der Waals surface area contributed by atoms with E-state index in [1.807, 2.05) is 44.1 Å². The van der Waals surface area contributed by atoms with Crippen molar-refractivity contribution in [2.75, 3.05) is 51.8 Å². The Labute approximate surface area is 211 Å². The van der Waals surface area contributed by atoms with Gasteiger partial charge in [0.25, 0.3) is 5.91 Å². The first-order chi connectivity index (χ1) is 16.8. The minimum Gasteiger partial charge on any atom is -0.492 e. The Bertz CT molecular complexity index is 1270. The molecule has 0 N–H and O–H groups in total. The number of carbonyl (C=O) groups excluding carboxylic acids is 1. The topological polar surface area (TPSA) is 83.0 Å². The molecule has 0 saturated carbocycles. The third-order valence-electron chi connectivity index (χ3n) is 5.97. The number of amides is 1. The summed E-state index contributed by atoms with van der Waals surface area (Å²) in [6.45, 7) is 4.65. The summed E-state index contributed by atoms with van der Waals surface area (Å²) in [7, 11) is 0.357. The molecule has 0 unspecified atom stereocenters. The summed E-state index contributed by atoms with van der Waals surface area (Å²) in [6.07, 6.45) is 2.81. The first-order valence-corrected chi connectivity index (χ1v) is 14.2. The molecular weight excluding hydrogens is 484 g/mol. The molecule has 4 rings (SSSR count). The monoisotopic (exact) mass is 516 g/mol. The zero-order valence-electron chi connectivity index (χ0n) is 20.4. The van der Waals surface area contributed by atoms with E-state index in [1.54, 1.807) is 17.0 Å². The number of nitrogens with zero attached hydrogens (tertiary/aromatic N) is 4. The van der Waals surface area contributed by atoms with E-state index in [1.165, 1.54) is 27.8 Å². The Kier molecular flexibility index (Phi) is 8.05. The van der Waals surface area contributed by atoms with Crippen molar-refractivity contribution in [3.8, 4) is 5.75 Å². The summed E-state index contributed by atoms with van der Waals surface area (Å²) in [5, 5.41) is 0.587. The Hall–Kier alpha value is -2.53. The van der Waals surface area contributed by atoms with Gasteiger partial charge in [-0.3, -0.25) is 9.69 Å². The third-order valence-corrected chi connectivity index (χ3v) is 8.93. The molecule has 0 atom stereocenters. The van der Waals surface area contributed by atoms with Gasteiger partial charge >= 0.3 is 0 Å². The second-order valence-corrected chi connectivity index (χ2v) is 11.7. The lowest BCUT2D eigenvalue weighted by Gasteiger charge is -2.26. The van der Waals surface area contributed by atoms with Crippen molar-refractivity contribution in [2.24, 2.45) is 0 Å². The van der Waals surface area contributed by atoms with Gasteiger partial charge in [0.05, 0.1) is 16.2 Å². The Morgan fingerprint density at radius 3 is 2.43 bits per heavy atom. The van der Waals surface area contributed by atoms with Crippen LogP contribution in [0.1, 0.15) is 36.5 Å². The first-order valence-electron chi connectivity index (χ1n) is 11.9. The number of thiazole rings is 1. The van der Waals surface area contributed by atoms with E-state index in [-0.39, 0.29) is 10.8 Å². The summed E-state index contributed by atoms with van der Waals surface area (Å²) < 4.78 is 34.2. The Morgan fingerprint density at radius 1 is 1.06 bits per heavy atom. The number of aromatic nitrogens is 1. The average Bonchev–Trinajstić information content (AvgIpc) is 3.29. The lowest BCUT2D eigenvalue weighted by atomic mass is 10.2. The number of anilines is 1. The molecule has 1 amide bonds. The van der Waals surface area contributed by atoms with Gasteiger partial charge < -0.3 is 9.64 Å². The number of carbonyl (C=O) groups is 1. The standard InChI is InChI=1S/C25H32N4O4S2/c1-4-33-21-9-8-10-22-23(21)26-25(34-22)29(18-17-27(2)3)24(30)19-11-13-20(14-12-19)35(31,32)28-15-6-5-7-16-28/h8-14H,4-7,15-18H2,1-3H3. The fourth-order valence-electron chi connectivity index (χ4n) is 4.06. The number of para-hydroxylation sites is 1. The lowest BCUT2D eigenvalue weighted by Crippen LogP contribution is -2.37. The lowest BCUT2D eigenvalue weighted by molar-refractivity contribution is 0.0985. The van der Waals surface area contributed by atoms with Crippen LogP contribution in [0.2, 0.25) is 0 Å². The van der Waals surface area contributed by atoms with E-state index in [0.29, 0.717) is 49.2 Å². The molecule has 188 valence electrons. The number of rotatable bonds is 9. The molecule has 1 saturated heterocycles. The van der Waals surface area contributed by atoms with Gasteiger partial charge in [0.15, 0.2) is 5.13 Å². The molecule has 1 aliphatic rings. The highest BCUT2D eigenvalue weighted by atomic mass is 32.2. The molecule has 1 aliphatic heterocycles. The molecule has 2 heterocycles. The normalized spacial score (nSPS) is 15.0. The highest BCUT2D eigenvalue weighted by Gasteiger charge is 2.27. The van der Waals surface area contributed by atoms with Crippen molar-refractivity contribution >= 4 is 42.6 Å². The predicted octanol–water partition coefficient (Wildman–Crippen LogP) is 4.08. The molecule has 10 heteroatoms. The quantitative estimate of drug-likeness (QED) is 0.426. The van der Waals surface area contributed by atoms with Gasteiger partial charge in [0.2, 0.25) is 10.0 Å². The van der Waals surface area contributed by atoms with Crippen LogP contribution in [0, 0.1) is 0 Å². The van der Waals surface area contributed by atoms with Crippen molar-refractivity contribution in [1.82, 2.24) is 14.2 Å². The van der Waals surface area contributed by atoms with Gasteiger partial charge in [-0.1, -0.05) is 23.8 Å². The van der Waals surface area contributed by atoms with E-state index in [4.69, 9.17) is 9.72 Å². The molecule has 1 fully saturated rings. The number of likely N-dealkylation sites (N-methyl/N-ethyl adjacent to an activating group) is 1. The van der Waals surface area contributed by atoms with Crippen LogP contribution < -0.4 is 9.64 Å². The molecule has 8 nitrogen and oxygen atoms in total. The van der Waals surface area contributed by atoms with Crippen LogP contribution in [0.3, 0.4) is 0 Å². The highest BCUT2D eigenvalue weighted by molar-refractivity contribution is 7.89. The number of piperidine rings is 1. The number of fused-ring (bicyclic) bond motifs is 1. The van der Waals surface area contributed by atoms with E-state index >= 15 is 0 Å². The molecule has 35 heavy (non-hydrogen) atoms. The zero-order valence-corrected chi connectivity index (χ0v) is 22.1. The maximum absolute atomic E-state index is 13.6. The van der Waals surface area contributed by atoms with E-state index in [9.17, 15) is 13.2 Å². The fraction of sp³-hybridized carbons (Fsp3) is 0.440. The fourth-order valence-corrected chi connectivity index (χ4v) is 6.59. The van der Waals surface area contributed by atoms with Gasteiger partial charge in [-0.25, -0.2) is 13.4 Å². The summed E-state index contributed by atoms with van der Waals surface area (Å²) >= 11 is 1.44. The van der Waals surface area contributed by atoms with Crippen molar-refractivity contribution in [3.05, 3.63) is 48.0 Å². The van der Waals surface area contributed by atoms with Gasteiger partial charge in [-0.15, -0.1) is 0 Å². The van der Waals surface area contributed by atoms with Gasteiger partial charge in [0.1, 0.15) is 11.3 Å². The van der Waals surface area contributed by atoms with E-state index < -0.39 is 10.0 Å². The second kappa shape index (κ2) is 11.0. The molecule has 0 spiro atoms. The Morgan fingerprint density at radius 2 is 1.77 bits per heavy atom. The Balaban J connectivity index is 1.63. The van der Waals surface area contributed by atoms with Gasteiger partial charge in [-0.05, 0) is 70.3 Å². The van der Waals surface area contributed by atoms with Crippen LogP contribution >= 0.6 is 11.3 Å².